The van der Waals surface area contributed by atoms with Crippen molar-refractivity contribution in [3.05, 3.63) is 0 Å². The molecule has 0 aliphatic heterocycles. The van der Waals surface area contributed by atoms with Gasteiger partial charge in [0.05, 0.1) is 0 Å². The predicted molar refractivity (Wildman–Crippen MR) is 222 cm³/mol. The molecular formula is C9H41K23O9. The van der Waals surface area contributed by atoms with E-state index in [1.807, 2.05) is 0 Å². The van der Waals surface area contributed by atoms with Crippen molar-refractivity contribution in [3.63, 3.8) is 0 Å². The quantitative estimate of drug-likeness (QED) is 0.150. The van der Waals surface area contributed by atoms with E-state index in [1.165, 1.54) is 20.8 Å². The van der Waals surface area contributed by atoms with Gasteiger partial charge in [-0.25, -0.2) is 14.4 Å². The summed E-state index contributed by atoms with van der Waals surface area (Å²) >= 11 is 0. The summed E-state index contributed by atoms with van der Waals surface area (Å²) in [6.45, 7) is 3.59. The minimum atomic E-state index is -1.23. The third kappa shape index (κ3) is 181. The molecule has 0 amide bonds. The summed E-state index contributed by atoms with van der Waals surface area (Å²) < 4.78 is 0. The van der Waals surface area contributed by atoms with E-state index in [0.717, 1.165) is 0 Å². The van der Waals surface area contributed by atoms with Crippen LogP contribution in [0.2, 0.25) is 0 Å². The van der Waals surface area contributed by atoms with Crippen molar-refractivity contribution in [2.24, 2.45) is 0 Å². The van der Waals surface area contributed by atoms with Crippen LogP contribution in [0.5, 0.6) is 0 Å². The molecule has 0 aromatic rings. The van der Waals surface area contributed by atoms with Gasteiger partial charge in [0.2, 0.25) is 0 Å². The van der Waals surface area contributed by atoms with Gasteiger partial charge in [-0.15, -0.1) is 0 Å². The monoisotopic (exact) mass is 1190 g/mol. The van der Waals surface area contributed by atoms with Gasteiger partial charge in [-0.05, 0) is 20.8 Å². The Morgan fingerprint density at radius 1 is 0.293 bits per heavy atom. The van der Waals surface area contributed by atoms with E-state index in [4.69, 9.17) is 30.6 Å². The predicted octanol–water partition coefficient (Wildman–Crippen LogP) is -16.6. The molecule has 3 unspecified atom stereocenters. The van der Waals surface area contributed by atoms with Gasteiger partial charge in [-0.3, -0.25) is 0 Å². The zero-order valence-electron chi connectivity index (χ0n) is 10.1. The van der Waals surface area contributed by atoms with Crippen molar-refractivity contribution in [2.75, 3.05) is 0 Å². The first-order valence-corrected chi connectivity index (χ1v) is 4.66. The van der Waals surface area contributed by atoms with Gasteiger partial charge >= 0.3 is 1200 Å². The number of rotatable bonds is 3. The second kappa shape index (κ2) is 147. The molecule has 0 aromatic carbocycles. The maximum atomic E-state index is 9.45. The molecule has 0 heterocycles. The molecule has 0 aliphatic carbocycles. The van der Waals surface area contributed by atoms with E-state index in [-0.39, 0.29) is 1180 Å². The summed E-state index contributed by atoms with van der Waals surface area (Å²) in [5, 5.41) is 47.3. The Bertz CT molecular complexity index is 255. The second-order valence-electron chi connectivity index (χ2n) is 3.04. The fourth-order valence-electron chi connectivity index (χ4n) is 0. The van der Waals surface area contributed by atoms with Crippen LogP contribution in [-0.4, -0.2) is 1250 Å². The molecule has 3 atom stereocenters. The molecule has 32 heteroatoms. The fraction of sp³-hybridized carbons (Fsp3) is 0.667. The molecular weight excluding hydrogens is 1150 g/mol. The van der Waals surface area contributed by atoms with E-state index in [2.05, 4.69) is 0 Å². The van der Waals surface area contributed by atoms with E-state index < -0.39 is 36.2 Å². The zero-order valence-corrected chi connectivity index (χ0v) is 10.1. The average Bonchev–Trinajstić information content (AvgIpc) is 2.18. The number of aliphatic hydroxyl groups excluding tert-OH is 3. The number of carbonyl (C=O) groups is 3. The maximum absolute atomic E-state index is 9.45. The molecule has 0 fully saturated rings. The Hall–Kier alpha value is 35.9. The number of carboxylic acids is 3. The van der Waals surface area contributed by atoms with E-state index >= 15 is 0 Å². The van der Waals surface area contributed by atoms with Crippen LogP contribution in [0, 0.1) is 0 Å². The molecule has 41 heavy (non-hydrogen) atoms. The first-order valence-electron chi connectivity index (χ1n) is 4.66. The zero-order chi connectivity index (χ0) is 15.5. The molecule has 6 N–H and O–H groups in total. The SMILES string of the molecule is CC(O)C(=O)O.CC(O)C(=O)O.CC(O)C(=O)O.[KH].[KH].[KH].[KH].[KH].[KH].[KH].[KH].[KH].[KH].[KH].[KH].[KH].[KH].[KH].[KH].[KH].[KH].[KH].[KH].[KH].[KH].[KH]. The molecule has 0 saturated carbocycles. The molecule has 0 aromatic heterocycles. The summed E-state index contributed by atoms with van der Waals surface area (Å²) in [6, 6.07) is 0. The normalized spacial score (nSPS) is 6.00. The van der Waals surface area contributed by atoms with Crippen molar-refractivity contribution in [1.29, 1.82) is 0 Å². The number of carboxylic acid groups (broad SMARTS) is 3. The van der Waals surface area contributed by atoms with Crippen LogP contribution >= 0.6 is 0 Å². The van der Waals surface area contributed by atoms with E-state index in [1.54, 1.807) is 0 Å². The van der Waals surface area contributed by atoms with Crippen molar-refractivity contribution in [1.82, 2.24) is 0 Å². The van der Waals surface area contributed by atoms with Crippen LogP contribution in [-0.2, 0) is 14.4 Å². The van der Waals surface area contributed by atoms with Crippen molar-refractivity contribution < 1.29 is 45.0 Å². The Morgan fingerprint density at radius 3 is 0.317 bits per heavy atom. The van der Waals surface area contributed by atoms with Crippen LogP contribution < -0.4 is 0 Å². The van der Waals surface area contributed by atoms with Gasteiger partial charge in [-0.2, -0.15) is 0 Å². The van der Waals surface area contributed by atoms with Crippen LogP contribution in [0.15, 0.2) is 0 Å². The van der Waals surface area contributed by atoms with Gasteiger partial charge in [0.1, 0.15) is 18.3 Å². The van der Waals surface area contributed by atoms with Crippen LogP contribution in [0.4, 0.5) is 0 Å². The molecule has 9 nitrogen and oxygen atoms in total. The van der Waals surface area contributed by atoms with Crippen molar-refractivity contribution in [2.45, 2.75) is 39.1 Å². The van der Waals surface area contributed by atoms with Crippen molar-refractivity contribution >= 4 is 1200 Å². The standard InChI is InChI=1S/3C3H6O3.23K.23H/c3*1-2(4)3(5)6;;;;;;;;;;;;;;;;;;;;;;;;;;;;;;;;;;;;;;;;;;;;;;/h3*2,4H,1H3,(H,5,6);;;;;;;;;;;;;;;;;;;;;;;;;;;;;;;;;;;;;;;;;;;;;;. The third-order valence-corrected chi connectivity index (χ3v) is 1.07. The van der Waals surface area contributed by atoms with Gasteiger partial charge in [0.25, 0.3) is 0 Å². The minimum absolute atomic E-state index is 0. The number of aliphatic carboxylic acids is 3. The molecule has 0 rings (SSSR count). The van der Waals surface area contributed by atoms with Crippen LogP contribution in [0.3, 0.4) is 0 Å². The summed E-state index contributed by atoms with van der Waals surface area (Å²) in [7, 11) is 0. The third-order valence-electron chi connectivity index (χ3n) is 1.07. The van der Waals surface area contributed by atoms with Gasteiger partial charge in [0.15, 0.2) is 0 Å². The van der Waals surface area contributed by atoms with Gasteiger partial charge < -0.3 is 30.6 Å². The molecule has 0 bridgehead atoms. The second-order valence-corrected chi connectivity index (χ2v) is 3.04. The molecule has 0 spiro atoms. The molecule has 0 aliphatic rings. The van der Waals surface area contributed by atoms with Gasteiger partial charge in [0, 0.05) is 0 Å². The number of aliphatic hydroxyl groups is 3. The molecule has 0 saturated heterocycles. The van der Waals surface area contributed by atoms with Crippen LogP contribution in [0.25, 0.3) is 0 Å². The Balaban J connectivity index is -0.00000000268. The fourth-order valence-corrected chi connectivity index (χ4v) is 0. The molecule has 0 radical (unpaired) electrons. The Labute approximate surface area is 1230 Å². The number of hydrogen-bond acceptors (Lipinski definition) is 6. The molecule has 154 valence electrons. The average molecular weight is 1190 g/mol. The van der Waals surface area contributed by atoms with E-state index in [0.29, 0.717) is 0 Å². The summed E-state index contributed by atoms with van der Waals surface area (Å²) in [6.07, 6.45) is -3.69. The van der Waals surface area contributed by atoms with E-state index in [9.17, 15) is 14.4 Å². The first-order chi connectivity index (χ1) is 7.93. The summed E-state index contributed by atoms with van der Waals surface area (Å²) in [5.41, 5.74) is 0. The van der Waals surface area contributed by atoms with Crippen LogP contribution in [0.1, 0.15) is 20.8 Å². The van der Waals surface area contributed by atoms with Gasteiger partial charge in [-0.1, -0.05) is 0 Å². The van der Waals surface area contributed by atoms with Crippen molar-refractivity contribution in [3.8, 4) is 0 Å². The Morgan fingerprint density at radius 2 is 0.317 bits per heavy atom. The number of hydrogen-bond donors (Lipinski definition) is 6. The summed E-state index contributed by atoms with van der Waals surface area (Å²) in [5.74, 6) is -3.56. The Kier molecular flexibility index (Phi) is 611. The summed E-state index contributed by atoms with van der Waals surface area (Å²) in [4.78, 5) is 28.3. The first kappa shape index (κ1) is 171. The topological polar surface area (TPSA) is 173 Å².